The fourth-order valence-corrected chi connectivity index (χ4v) is 0.725. The van der Waals surface area contributed by atoms with Crippen molar-refractivity contribution in [2.75, 3.05) is 0 Å². The third-order valence-electron chi connectivity index (χ3n) is 1.01. The molecule has 0 aliphatic rings. The van der Waals surface area contributed by atoms with Gasteiger partial charge in [0, 0.05) is 12.3 Å². The summed E-state index contributed by atoms with van der Waals surface area (Å²) in [6.45, 7) is -6.55. The zero-order valence-electron chi connectivity index (χ0n) is 14.4. The molecule has 0 bridgehead atoms. The van der Waals surface area contributed by atoms with Crippen molar-refractivity contribution in [3.63, 3.8) is 0 Å². The van der Waals surface area contributed by atoms with Gasteiger partial charge in [-0.2, -0.15) is 5.10 Å². The Morgan fingerprint density at radius 3 is 3.27 bits per heavy atom. The fraction of sp³-hybridized carbons (Fsp3) is 0.500. The first kappa shape index (κ1) is 2.52. The Hall–Kier alpha value is -0.440. The molecule has 0 saturated carbocycles. The quantitative estimate of drug-likeness (QED) is 0.771. The molecule has 0 fully saturated rings. The standard InChI is InChI=1S/C8H11BrN2/c1-3-6(2)7-4-5-8(9)11-10-7/h4-6H,3H2,1-2H3/i1D3,2D3,3D2,6D. The number of nitrogens with zero attached hydrogens (tertiary/aromatic N) is 2. The molecule has 0 aromatic carbocycles. The van der Waals surface area contributed by atoms with E-state index >= 15 is 0 Å². The number of rotatable bonds is 2. The van der Waals surface area contributed by atoms with Crippen LogP contribution in [0.5, 0.6) is 0 Å². The van der Waals surface area contributed by atoms with Crippen LogP contribution in [-0.2, 0) is 0 Å². The topological polar surface area (TPSA) is 25.8 Å². The van der Waals surface area contributed by atoms with Gasteiger partial charge in [-0.25, -0.2) is 0 Å². The Morgan fingerprint density at radius 2 is 2.73 bits per heavy atom. The Labute approximate surface area is 87.8 Å². The van der Waals surface area contributed by atoms with Crippen LogP contribution in [0.1, 0.15) is 44.0 Å². The second-order valence-electron chi connectivity index (χ2n) is 1.74. The Balaban J connectivity index is 3.58. The van der Waals surface area contributed by atoms with Gasteiger partial charge in [0.1, 0.15) is 4.60 Å². The van der Waals surface area contributed by atoms with Gasteiger partial charge < -0.3 is 0 Å². The highest BCUT2D eigenvalue weighted by Crippen LogP contribution is 2.15. The summed E-state index contributed by atoms with van der Waals surface area (Å²) < 4.78 is 67.3. The Bertz CT molecular complexity index is 480. The number of hydrogen-bond acceptors (Lipinski definition) is 2. The highest BCUT2D eigenvalue weighted by Gasteiger charge is 2.03. The largest absolute Gasteiger partial charge is 0.154 e. The van der Waals surface area contributed by atoms with Gasteiger partial charge in [0.15, 0.2) is 0 Å². The van der Waals surface area contributed by atoms with E-state index in [2.05, 4.69) is 26.1 Å². The van der Waals surface area contributed by atoms with Crippen LogP contribution >= 0.6 is 15.9 Å². The maximum absolute atomic E-state index is 8.03. The molecule has 11 heavy (non-hydrogen) atoms. The Kier molecular flexibility index (Phi) is 0.874. The molecule has 1 aromatic heterocycles. The molecule has 1 rings (SSSR count). The lowest BCUT2D eigenvalue weighted by atomic mass is 10.1. The lowest BCUT2D eigenvalue weighted by Gasteiger charge is -2.05. The minimum absolute atomic E-state index is 0.253. The van der Waals surface area contributed by atoms with Crippen molar-refractivity contribution in [3.8, 4) is 0 Å². The van der Waals surface area contributed by atoms with E-state index in [0.717, 1.165) is 6.07 Å². The van der Waals surface area contributed by atoms with Crippen LogP contribution in [-0.4, -0.2) is 10.2 Å². The van der Waals surface area contributed by atoms with E-state index in [9.17, 15) is 0 Å². The number of hydrogen-bond donors (Lipinski definition) is 0. The van der Waals surface area contributed by atoms with Crippen molar-refractivity contribution >= 4 is 15.9 Å². The SMILES string of the molecule is [2H]C([2H])([2H])C([2H])([2H])C([2H])(c1ccc(Br)nn1)C([2H])([2H])[2H]. The predicted octanol–water partition coefficient (Wildman–Crippen LogP) is 2.75. The minimum Gasteiger partial charge on any atom is -0.154 e. The molecular weight excluding hydrogens is 204 g/mol. The summed E-state index contributed by atoms with van der Waals surface area (Å²) in [6.07, 6.45) is -3.34. The average molecular weight is 224 g/mol. The number of halogens is 1. The van der Waals surface area contributed by atoms with E-state index in [1.807, 2.05) is 0 Å². The molecule has 0 aliphatic heterocycles. The van der Waals surface area contributed by atoms with Crippen LogP contribution in [0, 0.1) is 0 Å². The van der Waals surface area contributed by atoms with E-state index in [1.165, 1.54) is 6.07 Å². The molecule has 0 N–H and O–H groups in total. The summed E-state index contributed by atoms with van der Waals surface area (Å²) in [4.78, 5) is 0. The van der Waals surface area contributed by atoms with Crippen molar-refractivity contribution in [3.05, 3.63) is 22.4 Å². The molecule has 3 heteroatoms. The van der Waals surface area contributed by atoms with E-state index in [-0.39, 0.29) is 4.60 Å². The second kappa shape index (κ2) is 3.81. The fourth-order valence-electron chi connectivity index (χ4n) is 0.513. The zero-order valence-corrected chi connectivity index (χ0v) is 7.01. The summed E-state index contributed by atoms with van der Waals surface area (Å²) in [5, 5.41) is 6.96. The van der Waals surface area contributed by atoms with E-state index in [0.29, 0.717) is 0 Å². The predicted molar refractivity (Wildman–Crippen MR) is 48.4 cm³/mol. The second-order valence-corrected chi connectivity index (χ2v) is 2.55. The smallest absolute Gasteiger partial charge is 0.128 e. The summed E-state index contributed by atoms with van der Waals surface area (Å²) in [6, 6.07) is 2.34. The first-order valence-electron chi connectivity index (χ1n) is 7.25. The maximum Gasteiger partial charge on any atom is 0.128 e. The lowest BCUT2D eigenvalue weighted by molar-refractivity contribution is 0.688. The van der Waals surface area contributed by atoms with Crippen molar-refractivity contribution in [2.45, 2.75) is 26.0 Å². The molecule has 1 unspecified atom stereocenters. The molecule has 0 spiro atoms. The monoisotopic (exact) mass is 223 g/mol. The van der Waals surface area contributed by atoms with Gasteiger partial charge >= 0.3 is 0 Å². The van der Waals surface area contributed by atoms with Crippen LogP contribution in [0.15, 0.2) is 16.7 Å². The summed E-state index contributed by atoms with van der Waals surface area (Å²) in [5.74, 6) is -3.07. The van der Waals surface area contributed by atoms with Gasteiger partial charge in [0.2, 0.25) is 0 Å². The van der Waals surface area contributed by atoms with Crippen molar-refractivity contribution in [1.29, 1.82) is 0 Å². The van der Waals surface area contributed by atoms with Crippen LogP contribution in [0.25, 0.3) is 0 Å². The summed E-state index contributed by atoms with van der Waals surface area (Å²) in [5.41, 5.74) is -0.568. The molecule has 1 aromatic rings. The zero-order chi connectivity index (χ0) is 16.0. The van der Waals surface area contributed by atoms with Crippen LogP contribution in [0.3, 0.4) is 0 Å². The molecule has 1 atom stereocenters. The molecule has 0 saturated heterocycles. The lowest BCUT2D eigenvalue weighted by Crippen LogP contribution is -1.96. The van der Waals surface area contributed by atoms with Gasteiger partial charge in [-0.1, -0.05) is 13.7 Å². The molecule has 60 valence electrons. The van der Waals surface area contributed by atoms with Crippen molar-refractivity contribution in [1.82, 2.24) is 10.2 Å². The highest BCUT2D eigenvalue weighted by atomic mass is 79.9. The van der Waals surface area contributed by atoms with Crippen LogP contribution in [0.4, 0.5) is 0 Å². The van der Waals surface area contributed by atoms with Gasteiger partial charge in [-0.15, -0.1) is 5.10 Å². The van der Waals surface area contributed by atoms with Gasteiger partial charge in [0.05, 0.1) is 5.69 Å². The van der Waals surface area contributed by atoms with E-state index in [1.54, 1.807) is 0 Å². The van der Waals surface area contributed by atoms with E-state index in [4.69, 9.17) is 12.3 Å². The molecule has 1 heterocycles. The number of aromatic nitrogens is 2. The van der Waals surface area contributed by atoms with Crippen molar-refractivity contribution in [2.24, 2.45) is 0 Å². The molecule has 0 radical (unpaired) electrons. The molecular formula is C8H11BrN2. The van der Waals surface area contributed by atoms with Crippen molar-refractivity contribution < 1.29 is 12.3 Å². The molecule has 0 amide bonds. The van der Waals surface area contributed by atoms with Gasteiger partial charge in [0.25, 0.3) is 0 Å². The first-order chi connectivity index (χ1) is 8.75. The van der Waals surface area contributed by atoms with Gasteiger partial charge in [-0.05, 0) is 40.3 Å². The third kappa shape index (κ3) is 2.26. The van der Waals surface area contributed by atoms with E-state index < -0.39 is 31.7 Å². The third-order valence-corrected chi connectivity index (χ3v) is 1.44. The van der Waals surface area contributed by atoms with Crippen LogP contribution in [0.2, 0.25) is 0 Å². The Morgan fingerprint density at radius 1 is 1.82 bits per heavy atom. The van der Waals surface area contributed by atoms with Crippen LogP contribution < -0.4 is 0 Å². The minimum atomic E-state index is -3.34. The summed E-state index contributed by atoms with van der Waals surface area (Å²) in [7, 11) is 0. The molecule has 0 aliphatic carbocycles. The van der Waals surface area contributed by atoms with Gasteiger partial charge in [-0.3, -0.25) is 0 Å². The normalized spacial score (nSPS) is 31.5. The molecule has 2 nitrogen and oxygen atoms in total. The average Bonchev–Trinajstić information content (AvgIpc) is 2.25. The first-order valence-corrected chi connectivity index (χ1v) is 3.54. The maximum atomic E-state index is 8.03. The summed E-state index contributed by atoms with van der Waals surface area (Å²) >= 11 is 2.97. The highest BCUT2D eigenvalue weighted by molar-refractivity contribution is 9.10.